The van der Waals surface area contributed by atoms with Crippen LogP contribution in [0.15, 0.2) is 30.3 Å². The molecule has 1 aromatic carbocycles. The van der Waals surface area contributed by atoms with E-state index in [1.165, 1.54) is 4.90 Å². The van der Waals surface area contributed by atoms with Crippen molar-refractivity contribution in [3.05, 3.63) is 35.9 Å². The van der Waals surface area contributed by atoms with Gasteiger partial charge in [0.15, 0.2) is 0 Å². The lowest BCUT2D eigenvalue weighted by molar-refractivity contribution is -0.414. The first-order valence-electron chi connectivity index (χ1n) is 8.20. The highest BCUT2D eigenvalue weighted by atomic mass is 17.3. The molecule has 1 aromatic rings. The Hall–Kier alpha value is -1.63. The molecule has 2 heterocycles. The van der Waals surface area contributed by atoms with Crippen molar-refractivity contribution < 1.29 is 24.0 Å². The molecule has 1 amide bonds. The minimum Gasteiger partial charge on any atom is -0.444 e. The summed E-state index contributed by atoms with van der Waals surface area (Å²) in [6.45, 7) is 9.62. The molecule has 0 aliphatic carbocycles. The predicted octanol–water partition coefficient (Wildman–Crippen LogP) is 3.78. The first-order chi connectivity index (χ1) is 11.1. The lowest BCUT2D eigenvalue weighted by Crippen LogP contribution is -2.51. The minimum absolute atomic E-state index is 0.293. The SMILES string of the molecule is CC(C)(C)OC(=O)N1[C@@H](c2ccccc2)COC12CC(C)(C)OO2. The Labute approximate surface area is 142 Å². The molecule has 0 aromatic heterocycles. The average molecular weight is 335 g/mol. The van der Waals surface area contributed by atoms with Gasteiger partial charge in [0, 0.05) is 0 Å². The van der Waals surface area contributed by atoms with E-state index in [9.17, 15) is 4.79 Å². The van der Waals surface area contributed by atoms with Crippen molar-refractivity contribution in [2.24, 2.45) is 0 Å². The van der Waals surface area contributed by atoms with Gasteiger partial charge in [-0.3, -0.25) is 0 Å². The third-order valence-corrected chi connectivity index (χ3v) is 3.97. The fraction of sp³-hybridized carbons (Fsp3) is 0.611. The molecule has 2 atom stereocenters. The highest BCUT2D eigenvalue weighted by Crippen LogP contribution is 2.48. The van der Waals surface area contributed by atoms with Gasteiger partial charge in [0.2, 0.25) is 0 Å². The number of benzene rings is 1. The Bertz CT molecular complexity index is 610. The summed E-state index contributed by atoms with van der Waals surface area (Å²) >= 11 is 0. The first kappa shape index (κ1) is 17.2. The van der Waals surface area contributed by atoms with E-state index in [1.54, 1.807) is 0 Å². The summed E-state index contributed by atoms with van der Waals surface area (Å²) in [7, 11) is 0. The van der Waals surface area contributed by atoms with Gasteiger partial charge in [-0.1, -0.05) is 30.3 Å². The van der Waals surface area contributed by atoms with Gasteiger partial charge < -0.3 is 9.47 Å². The summed E-state index contributed by atoms with van der Waals surface area (Å²) in [5, 5.41) is 0. The molecule has 2 fully saturated rings. The molecule has 0 saturated carbocycles. The Morgan fingerprint density at radius 2 is 1.88 bits per heavy atom. The number of ether oxygens (including phenoxy) is 2. The smallest absolute Gasteiger partial charge is 0.415 e. The lowest BCUT2D eigenvalue weighted by Gasteiger charge is -2.35. The van der Waals surface area contributed by atoms with E-state index in [1.807, 2.05) is 65.0 Å². The second kappa shape index (κ2) is 5.72. The molecule has 24 heavy (non-hydrogen) atoms. The molecule has 132 valence electrons. The Balaban J connectivity index is 1.95. The molecule has 2 aliphatic rings. The molecule has 1 spiro atoms. The summed E-state index contributed by atoms with van der Waals surface area (Å²) < 4.78 is 11.5. The van der Waals surface area contributed by atoms with Crippen LogP contribution >= 0.6 is 0 Å². The molecule has 0 N–H and O–H groups in total. The van der Waals surface area contributed by atoms with E-state index in [0.29, 0.717) is 13.0 Å². The number of nitrogens with zero attached hydrogens (tertiary/aromatic N) is 1. The van der Waals surface area contributed by atoms with Gasteiger partial charge in [-0.15, -0.1) is 0 Å². The average Bonchev–Trinajstić information content (AvgIpc) is 2.98. The topological polar surface area (TPSA) is 57.2 Å². The van der Waals surface area contributed by atoms with E-state index >= 15 is 0 Å². The maximum Gasteiger partial charge on any atom is 0.415 e. The van der Waals surface area contributed by atoms with Crippen LogP contribution in [0.4, 0.5) is 4.79 Å². The number of hydrogen-bond acceptors (Lipinski definition) is 5. The third kappa shape index (κ3) is 3.27. The van der Waals surface area contributed by atoms with Gasteiger partial charge in [-0.25, -0.2) is 14.6 Å². The van der Waals surface area contributed by atoms with Gasteiger partial charge in [-0.2, -0.15) is 4.89 Å². The van der Waals surface area contributed by atoms with Crippen LogP contribution in [0, 0.1) is 0 Å². The van der Waals surface area contributed by atoms with E-state index in [2.05, 4.69) is 0 Å². The van der Waals surface area contributed by atoms with Crippen LogP contribution in [0.5, 0.6) is 0 Å². The van der Waals surface area contributed by atoms with Crippen LogP contribution < -0.4 is 0 Å². The van der Waals surface area contributed by atoms with Crippen LogP contribution in [0.2, 0.25) is 0 Å². The van der Waals surface area contributed by atoms with E-state index in [4.69, 9.17) is 19.2 Å². The van der Waals surface area contributed by atoms with E-state index in [-0.39, 0.29) is 6.04 Å². The van der Waals surface area contributed by atoms with Gasteiger partial charge >= 0.3 is 6.09 Å². The zero-order chi connectivity index (χ0) is 17.6. The van der Waals surface area contributed by atoms with E-state index < -0.39 is 23.2 Å². The molecule has 2 aliphatic heterocycles. The van der Waals surface area contributed by atoms with Crippen molar-refractivity contribution in [3.8, 4) is 0 Å². The number of rotatable bonds is 1. The van der Waals surface area contributed by atoms with Crippen LogP contribution in [0.25, 0.3) is 0 Å². The van der Waals surface area contributed by atoms with Gasteiger partial charge in [0.05, 0.1) is 19.1 Å². The maximum absolute atomic E-state index is 12.9. The highest BCUT2D eigenvalue weighted by Gasteiger charge is 2.61. The van der Waals surface area contributed by atoms with Crippen LogP contribution in [0.1, 0.15) is 52.6 Å². The molecule has 3 rings (SSSR count). The lowest BCUT2D eigenvalue weighted by atomic mass is 10.0. The van der Waals surface area contributed by atoms with Gasteiger partial charge in [-0.05, 0) is 40.2 Å². The summed E-state index contributed by atoms with van der Waals surface area (Å²) in [5.41, 5.74) is -0.198. The molecule has 1 unspecified atom stereocenters. The fourth-order valence-electron chi connectivity index (χ4n) is 3.06. The summed E-state index contributed by atoms with van der Waals surface area (Å²) in [6, 6.07) is 9.44. The fourth-order valence-corrected chi connectivity index (χ4v) is 3.06. The Kier molecular flexibility index (Phi) is 4.10. The van der Waals surface area contributed by atoms with Crippen molar-refractivity contribution in [3.63, 3.8) is 0 Å². The number of carbonyl (C=O) groups is 1. The molecule has 6 heteroatoms. The molecule has 2 saturated heterocycles. The van der Waals surface area contributed by atoms with Gasteiger partial charge in [0.1, 0.15) is 11.2 Å². The molecular weight excluding hydrogens is 310 g/mol. The van der Waals surface area contributed by atoms with Gasteiger partial charge in [0.25, 0.3) is 5.91 Å². The monoisotopic (exact) mass is 335 g/mol. The molecule has 6 nitrogen and oxygen atoms in total. The second-order valence-electron chi connectivity index (χ2n) is 7.90. The summed E-state index contributed by atoms with van der Waals surface area (Å²) in [5.74, 6) is -1.26. The number of amides is 1. The largest absolute Gasteiger partial charge is 0.444 e. The zero-order valence-corrected chi connectivity index (χ0v) is 14.9. The van der Waals surface area contributed by atoms with Crippen molar-refractivity contribution in [1.82, 2.24) is 4.90 Å². The van der Waals surface area contributed by atoms with Crippen LogP contribution in [0.3, 0.4) is 0 Å². The van der Waals surface area contributed by atoms with Crippen molar-refractivity contribution in [2.45, 2.75) is 64.2 Å². The maximum atomic E-state index is 12.9. The third-order valence-electron chi connectivity index (χ3n) is 3.97. The van der Waals surface area contributed by atoms with Crippen molar-refractivity contribution in [1.29, 1.82) is 0 Å². The number of hydrogen-bond donors (Lipinski definition) is 0. The predicted molar refractivity (Wildman–Crippen MR) is 86.8 cm³/mol. The normalized spacial score (nSPS) is 29.2. The second-order valence-corrected chi connectivity index (χ2v) is 7.90. The quantitative estimate of drug-likeness (QED) is 0.731. The first-order valence-corrected chi connectivity index (χ1v) is 8.20. The Morgan fingerprint density at radius 1 is 1.21 bits per heavy atom. The Morgan fingerprint density at radius 3 is 2.42 bits per heavy atom. The van der Waals surface area contributed by atoms with E-state index in [0.717, 1.165) is 5.56 Å². The highest BCUT2D eigenvalue weighted by molar-refractivity contribution is 5.70. The molecule has 0 bridgehead atoms. The number of carbonyl (C=O) groups excluding carboxylic acids is 1. The van der Waals surface area contributed by atoms with Crippen LogP contribution in [-0.4, -0.2) is 34.7 Å². The van der Waals surface area contributed by atoms with Crippen molar-refractivity contribution in [2.75, 3.05) is 6.61 Å². The summed E-state index contributed by atoms with van der Waals surface area (Å²) in [4.78, 5) is 25.4. The summed E-state index contributed by atoms with van der Waals surface area (Å²) in [6.07, 6.45) is -0.0714. The van der Waals surface area contributed by atoms with Crippen molar-refractivity contribution >= 4 is 6.09 Å². The zero-order valence-electron chi connectivity index (χ0n) is 14.9. The standard InChI is InChI=1S/C18H25NO5/c1-16(2,3)22-15(20)19-14(13-9-7-6-8-10-13)11-21-18(19)12-17(4,5)23-24-18/h6-10,14H,11-12H2,1-5H3/t14-,18?/m1/s1. The minimum atomic E-state index is -1.26. The van der Waals surface area contributed by atoms with Crippen LogP contribution in [-0.2, 0) is 19.2 Å². The molecular formula is C18H25NO5. The molecule has 0 radical (unpaired) electrons.